The van der Waals surface area contributed by atoms with Crippen molar-refractivity contribution in [3.63, 3.8) is 0 Å². The van der Waals surface area contributed by atoms with Crippen LogP contribution in [0, 0.1) is 12.5 Å². The van der Waals surface area contributed by atoms with Crippen LogP contribution >= 0.6 is 0 Å². The summed E-state index contributed by atoms with van der Waals surface area (Å²) in [4.78, 5) is 0. The number of allylic oxidation sites excluding steroid dienone is 2. The van der Waals surface area contributed by atoms with Crippen molar-refractivity contribution in [2.45, 2.75) is 25.7 Å². The van der Waals surface area contributed by atoms with Crippen molar-refractivity contribution in [3.05, 3.63) is 18.6 Å². The second-order valence-corrected chi connectivity index (χ2v) is 1.82. The molecule has 0 saturated carbocycles. The van der Waals surface area contributed by atoms with Gasteiger partial charge in [-0.2, -0.15) is 0 Å². The van der Waals surface area contributed by atoms with Gasteiger partial charge in [-0.15, -0.1) is 0 Å². The third-order valence-corrected chi connectivity index (χ3v) is 1.16. The highest BCUT2D eigenvalue weighted by atomic mass is 13.9. The molecule has 0 aromatic rings. The van der Waals surface area contributed by atoms with Crippen LogP contribution in [0.1, 0.15) is 25.7 Å². The van der Waals surface area contributed by atoms with Gasteiger partial charge in [-0.1, -0.05) is 6.08 Å². The molecule has 0 saturated heterocycles. The van der Waals surface area contributed by atoms with Crippen LogP contribution < -0.4 is 0 Å². The van der Waals surface area contributed by atoms with Crippen LogP contribution in [0.5, 0.6) is 0 Å². The molecular weight excluding hydrogens is 84.1 g/mol. The van der Waals surface area contributed by atoms with E-state index in [9.17, 15) is 0 Å². The summed E-state index contributed by atoms with van der Waals surface area (Å²) in [6.07, 6.45) is 12.5. The van der Waals surface area contributed by atoms with Crippen molar-refractivity contribution in [2.24, 2.45) is 0 Å². The van der Waals surface area contributed by atoms with Crippen LogP contribution in [-0.4, -0.2) is 0 Å². The molecule has 0 bridgehead atoms. The minimum atomic E-state index is 1.14. The van der Waals surface area contributed by atoms with E-state index in [1.54, 1.807) is 0 Å². The maximum Gasteiger partial charge on any atom is -0.0279 e. The fourth-order valence-electron chi connectivity index (χ4n) is 0.735. The highest BCUT2D eigenvalue weighted by Crippen LogP contribution is 2.06. The molecule has 0 aromatic heterocycles. The maximum atomic E-state index is 3.19. The monoisotopic (exact) mass is 94.1 g/mol. The summed E-state index contributed by atoms with van der Waals surface area (Å²) in [7, 11) is 0. The Kier molecular flexibility index (Phi) is 1.98. The third kappa shape index (κ3) is 1.77. The molecule has 1 aliphatic carbocycles. The molecule has 7 heavy (non-hydrogen) atoms. The van der Waals surface area contributed by atoms with Gasteiger partial charge in [0.1, 0.15) is 0 Å². The molecule has 0 atom stereocenters. The SMILES string of the molecule is [C]1=CC[CH]CCC1. The van der Waals surface area contributed by atoms with Gasteiger partial charge in [0.2, 0.25) is 0 Å². The summed E-state index contributed by atoms with van der Waals surface area (Å²) in [5.74, 6) is 0. The summed E-state index contributed by atoms with van der Waals surface area (Å²) in [6, 6.07) is 0. The average molecular weight is 94.2 g/mol. The lowest BCUT2D eigenvalue weighted by molar-refractivity contribution is 0.826. The molecule has 0 heteroatoms. The van der Waals surface area contributed by atoms with Gasteiger partial charge < -0.3 is 0 Å². The molecule has 0 aliphatic heterocycles. The van der Waals surface area contributed by atoms with Gasteiger partial charge >= 0.3 is 0 Å². The molecule has 38 valence electrons. The predicted molar refractivity (Wildman–Crippen MR) is 30.6 cm³/mol. The summed E-state index contributed by atoms with van der Waals surface area (Å²) >= 11 is 0. The number of hydrogen-bond donors (Lipinski definition) is 0. The predicted octanol–water partition coefficient (Wildman–Crippen LogP) is 2.12. The zero-order chi connectivity index (χ0) is 4.95. The molecule has 0 spiro atoms. The first kappa shape index (κ1) is 4.89. The van der Waals surface area contributed by atoms with Gasteiger partial charge in [-0.3, -0.25) is 0 Å². The molecule has 2 radical (unpaired) electrons. The Morgan fingerprint density at radius 3 is 3.43 bits per heavy atom. The first-order valence-electron chi connectivity index (χ1n) is 2.87. The highest BCUT2D eigenvalue weighted by Gasteiger charge is 1.89. The molecule has 1 aliphatic rings. The van der Waals surface area contributed by atoms with Crippen molar-refractivity contribution >= 4 is 0 Å². The van der Waals surface area contributed by atoms with Crippen LogP contribution in [0.2, 0.25) is 0 Å². The fraction of sp³-hybridized carbons (Fsp3) is 0.571. The molecule has 0 amide bonds. The summed E-state index contributed by atoms with van der Waals surface area (Å²) in [5, 5.41) is 0. The van der Waals surface area contributed by atoms with Crippen LogP contribution in [0.15, 0.2) is 6.08 Å². The first-order valence-corrected chi connectivity index (χ1v) is 2.87. The van der Waals surface area contributed by atoms with Gasteiger partial charge in [0.05, 0.1) is 0 Å². The van der Waals surface area contributed by atoms with Gasteiger partial charge in [-0.05, 0) is 38.2 Å². The van der Waals surface area contributed by atoms with E-state index in [0.29, 0.717) is 0 Å². The summed E-state index contributed by atoms with van der Waals surface area (Å²) < 4.78 is 0. The Balaban J connectivity index is 2.20. The fourth-order valence-corrected chi connectivity index (χ4v) is 0.735. The van der Waals surface area contributed by atoms with Crippen molar-refractivity contribution < 1.29 is 0 Å². The Morgan fingerprint density at radius 1 is 1.43 bits per heavy atom. The van der Waals surface area contributed by atoms with Gasteiger partial charge in [0.25, 0.3) is 0 Å². The first-order chi connectivity index (χ1) is 3.50. The van der Waals surface area contributed by atoms with Gasteiger partial charge in [0.15, 0.2) is 0 Å². The van der Waals surface area contributed by atoms with Crippen LogP contribution in [0.4, 0.5) is 0 Å². The topological polar surface area (TPSA) is 0 Å². The van der Waals surface area contributed by atoms with Gasteiger partial charge in [-0.25, -0.2) is 0 Å². The van der Waals surface area contributed by atoms with Crippen LogP contribution in [0.25, 0.3) is 0 Å². The van der Waals surface area contributed by atoms with E-state index in [-0.39, 0.29) is 0 Å². The maximum absolute atomic E-state index is 3.19. The van der Waals surface area contributed by atoms with E-state index in [1.807, 2.05) is 0 Å². The minimum absolute atomic E-state index is 1.14. The third-order valence-electron chi connectivity index (χ3n) is 1.16. The van der Waals surface area contributed by atoms with E-state index in [2.05, 4.69) is 18.6 Å². The molecule has 0 unspecified atom stereocenters. The molecule has 0 nitrogen and oxygen atoms in total. The van der Waals surface area contributed by atoms with Crippen molar-refractivity contribution in [3.8, 4) is 0 Å². The van der Waals surface area contributed by atoms with E-state index in [1.165, 1.54) is 12.8 Å². The normalized spacial score (nSPS) is 21.7. The molecule has 0 N–H and O–H groups in total. The molecular formula is C7H10. The standard InChI is InChI=1S/C7H10/c1-2-4-6-7-5-3-1/h1,4H,2-3,5,7H2. The van der Waals surface area contributed by atoms with Gasteiger partial charge in [0, 0.05) is 0 Å². The largest absolute Gasteiger partial charge is 0.0808 e. The van der Waals surface area contributed by atoms with E-state index in [4.69, 9.17) is 0 Å². The van der Waals surface area contributed by atoms with E-state index >= 15 is 0 Å². The molecule has 1 rings (SSSR count). The Hall–Kier alpha value is -0.260. The molecule has 0 aromatic carbocycles. The van der Waals surface area contributed by atoms with Crippen molar-refractivity contribution in [2.75, 3.05) is 0 Å². The lowest BCUT2D eigenvalue weighted by Crippen LogP contribution is -1.68. The second-order valence-electron chi connectivity index (χ2n) is 1.82. The van der Waals surface area contributed by atoms with Crippen LogP contribution in [-0.2, 0) is 0 Å². The average Bonchev–Trinajstić information content (AvgIpc) is 1.90. The van der Waals surface area contributed by atoms with Crippen molar-refractivity contribution in [1.29, 1.82) is 0 Å². The smallest absolute Gasteiger partial charge is 0.0279 e. The molecule has 0 heterocycles. The Morgan fingerprint density at radius 2 is 2.43 bits per heavy atom. The lowest BCUT2D eigenvalue weighted by atomic mass is 10.2. The minimum Gasteiger partial charge on any atom is -0.0808 e. The summed E-state index contributed by atoms with van der Waals surface area (Å²) in [5.41, 5.74) is 0. The van der Waals surface area contributed by atoms with E-state index in [0.717, 1.165) is 12.8 Å². The summed E-state index contributed by atoms with van der Waals surface area (Å²) in [6.45, 7) is 0. The number of rotatable bonds is 0. The zero-order valence-corrected chi connectivity index (χ0v) is 4.48. The van der Waals surface area contributed by atoms with Crippen molar-refractivity contribution in [1.82, 2.24) is 0 Å². The zero-order valence-electron chi connectivity index (χ0n) is 4.48. The number of hydrogen-bond acceptors (Lipinski definition) is 0. The lowest BCUT2D eigenvalue weighted by Gasteiger charge is -1.85. The highest BCUT2D eigenvalue weighted by molar-refractivity contribution is 4.85. The van der Waals surface area contributed by atoms with E-state index < -0.39 is 0 Å². The molecule has 0 fully saturated rings. The van der Waals surface area contributed by atoms with Crippen LogP contribution in [0.3, 0.4) is 0 Å². The Labute approximate surface area is 45.2 Å². The quantitative estimate of drug-likeness (QED) is 0.431. The second kappa shape index (κ2) is 2.84. The Bertz CT molecular complexity index is 54.4.